The van der Waals surface area contributed by atoms with Crippen LogP contribution in [0.3, 0.4) is 0 Å². The summed E-state index contributed by atoms with van der Waals surface area (Å²) in [5.41, 5.74) is 4.43. The van der Waals surface area contributed by atoms with Gasteiger partial charge in [0.25, 0.3) is 15.9 Å². The average molecular weight is 690 g/mol. The fraction of sp³-hybridized carbons (Fsp3) is 0.0909. The fourth-order valence-corrected chi connectivity index (χ4v) is 6.34. The molecule has 1 aliphatic rings. The standard InChI is InChI=1S/C33H27N7O5S2.Na.H/c1-22-7-14-27(15-8-22)47(43,44)37-31(41)19-23-9-12-26(13-10-23)35-33-36-32(42)30(46-33)18-25-11-16-28(40-21-34-38-39-40)29(17-25)45-20-24-5-3-2-4-6-24;;/h2-18,21H,19-20H2,1H3,(H,37,41)(H,35,36,42);;/q;+1;-1/b30-18+;;. The average Bonchev–Trinajstić information content (AvgIpc) is 3.71. The zero-order valence-corrected chi connectivity index (χ0v) is 29.5. The van der Waals surface area contributed by atoms with E-state index in [1.54, 1.807) is 42.5 Å². The molecule has 0 saturated carbocycles. The second-order valence-electron chi connectivity index (χ2n) is 10.4. The number of sulfonamides is 1. The minimum Gasteiger partial charge on any atom is -1.00 e. The number of carbonyl (C=O) groups excluding carboxylic acids is 2. The first-order valence-electron chi connectivity index (χ1n) is 14.3. The van der Waals surface area contributed by atoms with Crippen LogP contribution in [0.2, 0.25) is 0 Å². The summed E-state index contributed by atoms with van der Waals surface area (Å²) >= 11 is 1.19. The fourth-order valence-electron chi connectivity index (χ4n) is 4.52. The minimum atomic E-state index is -3.97. The Labute approximate surface area is 304 Å². The molecule has 6 rings (SSSR count). The maximum Gasteiger partial charge on any atom is 1.00 e. The van der Waals surface area contributed by atoms with E-state index in [1.165, 1.54) is 34.9 Å². The molecule has 12 nitrogen and oxygen atoms in total. The van der Waals surface area contributed by atoms with Crippen molar-refractivity contribution in [3.05, 3.63) is 131 Å². The maximum atomic E-state index is 12.8. The van der Waals surface area contributed by atoms with Gasteiger partial charge in [0.05, 0.1) is 21.9 Å². The van der Waals surface area contributed by atoms with Gasteiger partial charge in [-0.2, -0.15) is 4.68 Å². The molecule has 1 aromatic heterocycles. The van der Waals surface area contributed by atoms with E-state index in [2.05, 4.69) is 30.6 Å². The Bertz CT molecular complexity index is 2100. The van der Waals surface area contributed by atoms with Crippen LogP contribution in [-0.4, -0.2) is 45.6 Å². The van der Waals surface area contributed by atoms with Gasteiger partial charge in [-0.1, -0.05) is 66.2 Å². The number of nitrogens with one attached hydrogen (secondary N) is 2. The van der Waals surface area contributed by atoms with Crippen LogP contribution in [0.5, 0.6) is 5.75 Å². The van der Waals surface area contributed by atoms with Gasteiger partial charge in [0.2, 0.25) is 5.91 Å². The largest absolute Gasteiger partial charge is 1.00 e. The Hall–Kier alpha value is -4.60. The Morgan fingerprint density at radius 2 is 1.77 bits per heavy atom. The molecule has 1 aliphatic heterocycles. The molecule has 2 heterocycles. The van der Waals surface area contributed by atoms with Crippen LogP contribution < -0.4 is 44.3 Å². The molecule has 238 valence electrons. The summed E-state index contributed by atoms with van der Waals surface area (Å²) < 4.78 is 34.8. The molecule has 0 radical (unpaired) electrons. The first-order valence-corrected chi connectivity index (χ1v) is 16.6. The molecule has 48 heavy (non-hydrogen) atoms. The predicted molar refractivity (Wildman–Crippen MR) is 178 cm³/mol. The molecule has 0 aliphatic carbocycles. The molecule has 2 amide bonds. The summed E-state index contributed by atoms with van der Waals surface area (Å²) in [5.74, 6) is -0.417. The number of tetrazole rings is 1. The number of thioether (sulfide) groups is 1. The van der Waals surface area contributed by atoms with Gasteiger partial charge in [0.15, 0.2) is 5.17 Å². The number of nitrogens with zero attached hydrogens (tertiary/aromatic N) is 5. The van der Waals surface area contributed by atoms with Gasteiger partial charge in [-0.3, -0.25) is 9.59 Å². The van der Waals surface area contributed by atoms with E-state index < -0.39 is 15.9 Å². The molecule has 2 N–H and O–H groups in total. The van der Waals surface area contributed by atoms with Crippen LogP contribution in [0, 0.1) is 6.92 Å². The maximum absolute atomic E-state index is 12.8. The van der Waals surface area contributed by atoms with E-state index in [0.29, 0.717) is 39.4 Å². The number of amides is 2. The van der Waals surface area contributed by atoms with Crippen molar-refractivity contribution < 1.29 is 53.7 Å². The molecule has 15 heteroatoms. The normalized spacial score (nSPS) is 14.4. The quantitative estimate of drug-likeness (QED) is 0.164. The first kappa shape index (κ1) is 34.7. The van der Waals surface area contributed by atoms with E-state index in [0.717, 1.165) is 16.7 Å². The zero-order chi connectivity index (χ0) is 32.8. The number of rotatable bonds is 10. The van der Waals surface area contributed by atoms with Gasteiger partial charge in [-0.15, -0.1) is 5.10 Å². The number of ether oxygens (including phenoxy) is 1. The molecule has 5 aromatic rings. The third-order valence-corrected chi connectivity index (χ3v) is 9.18. The van der Waals surface area contributed by atoms with Crippen molar-refractivity contribution in [1.82, 2.24) is 30.2 Å². The first-order chi connectivity index (χ1) is 22.7. The molecule has 0 bridgehead atoms. The van der Waals surface area contributed by atoms with Gasteiger partial charge in [-0.25, -0.2) is 18.1 Å². The Morgan fingerprint density at radius 1 is 1.02 bits per heavy atom. The van der Waals surface area contributed by atoms with Crippen molar-refractivity contribution in [2.45, 2.75) is 24.8 Å². The number of benzene rings is 4. The van der Waals surface area contributed by atoms with Crippen LogP contribution in [0.4, 0.5) is 5.69 Å². The minimum absolute atomic E-state index is 0. The monoisotopic (exact) mass is 689 g/mol. The third kappa shape index (κ3) is 8.85. The van der Waals surface area contributed by atoms with Crippen molar-refractivity contribution in [3.63, 3.8) is 0 Å². The van der Waals surface area contributed by atoms with Gasteiger partial charge in [-0.05, 0) is 88.3 Å². The molecule has 0 spiro atoms. The SMILES string of the molecule is Cc1ccc(S(=O)(=O)NC(=O)Cc2ccc(N=C3NC(=O)/C(=C\c4ccc(-n5cnnn5)c(OCc5ccccc5)c4)S3)cc2)cc1.[H-].[Na+]. The van der Waals surface area contributed by atoms with E-state index >= 15 is 0 Å². The number of aliphatic imine (C=N–C) groups is 1. The molecule has 1 saturated heterocycles. The molecule has 1 fully saturated rings. The van der Waals surface area contributed by atoms with E-state index in [9.17, 15) is 18.0 Å². The number of hydrogen-bond donors (Lipinski definition) is 2. The van der Waals surface area contributed by atoms with Crippen molar-refractivity contribution in [2.75, 3.05) is 0 Å². The third-order valence-electron chi connectivity index (χ3n) is 6.88. The van der Waals surface area contributed by atoms with Crippen LogP contribution >= 0.6 is 11.8 Å². The molecular weight excluding hydrogens is 662 g/mol. The number of amidine groups is 1. The van der Waals surface area contributed by atoms with Crippen molar-refractivity contribution >= 4 is 50.5 Å². The van der Waals surface area contributed by atoms with E-state index in [4.69, 9.17) is 4.74 Å². The van der Waals surface area contributed by atoms with Crippen molar-refractivity contribution in [2.24, 2.45) is 4.99 Å². The topological polar surface area (TPSA) is 158 Å². The zero-order valence-electron chi connectivity index (χ0n) is 26.9. The summed E-state index contributed by atoms with van der Waals surface area (Å²) in [6.45, 7) is 2.18. The second-order valence-corrected chi connectivity index (χ2v) is 13.1. The molecule has 0 atom stereocenters. The van der Waals surface area contributed by atoms with Gasteiger partial charge in [0, 0.05) is 0 Å². The molecule has 4 aromatic carbocycles. The number of aryl methyl sites for hydroxylation is 1. The summed E-state index contributed by atoms with van der Waals surface area (Å²) in [6.07, 6.45) is 3.08. The van der Waals surface area contributed by atoms with Gasteiger partial charge >= 0.3 is 29.6 Å². The number of hydrogen-bond acceptors (Lipinski definition) is 10. The number of carbonyl (C=O) groups is 2. The van der Waals surface area contributed by atoms with Crippen LogP contribution in [0.1, 0.15) is 23.7 Å². The second kappa shape index (κ2) is 15.5. The smallest absolute Gasteiger partial charge is 1.00 e. The van der Waals surface area contributed by atoms with Gasteiger partial charge < -0.3 is 11.5 Å². The summed E-state index contributed by atoms with van der Waals surface area (Å²) in [5, 5.41) is 14.6. The van der Waals surface area contributed by atoms with Gasteiger partial charge in [0.1, 0.15) is 24.4 Å². The van der Waals surface area contributed by atoms with Crippen LogP contribution in [0.25, 0.3) is 11.8 Å². The van der Waals surface area contributed by atoms with E-state index in [1.807, 2.05) is 55.5 Å². The predicted octanol–water partition coefficient (Wildman–Crippen LogP) is 1.61. The number of aromatic nitrogens is 4. The molecule has 0 unspecified atom stereocenters. The Kier molecular flexibility index (Phi) is 11.2. The Balaban J connectivity index is 0.00000270. The van der Waals surface area contributed by atoms with Crippen molar-refractivity contribution in [1.29, 1.82) is 0 Å². The summed E-state index contributed by atoms with van der Waals surface area (Å²) in [4.78, 5) is 30.2. The summed E-state index contributed by atoms with van der Waals surface area (Å²) in [6, 6.07) is 28.2. The summed E-state index contributed by atoms with van der Waals surface area (Å²) in [7, 11) is -3.97. The van der Waals surface area contributed by atoms with Crippen molar-refractivity contribution in [3.8, 4) is 11.4 Å². The van der Waals surface area contributed by atoms with Crippen LogP contribution in [0.15, 0.2) is 118 Å². The van der Waals surface area contributed by atoms with E-state index in [-0.39, 0.29) is 48.2 Å². The Morgan fingerprint density at radius 3 is 2.48 bits per heavy atom. The molecular formula is C33H28N7NaO5S2. The van der Waals surface area contributed by atoms with Crippen LogP contribution in [-0.2, 0) is 32.6 Å².